The van der Waals surface area contributed by atoms with Crippen molar-refractivity contribution in [3.63, 3.8) is 0 Å². The summed E-state index contributed by atoms with van der Waals surface area (Å²) in [7, 11) is 0. The van der Waals surface area contributed by atoms with Crippen molar-refractivity contribution >= 4 is 57.6 Å². The number of aliphatic carboxylic acids is 1. The summed E-state index contributed by atoms with van der Waals surface area (Å²) in [5.74, 6) is -1.14. The molecular formula is C25H23ClN4O5S. The van der Waals surface area contributed by atoms with Crippen LogP contribution in [0.4, 0.5) is 11.7 Å². The maximum Gasteiger partial charge on any atom is 0.303 e. The lowest BCUT2D eigenvalue weighted by Crippen LogP contribution is -2.45. The van der Waals surface area contributed by atoms with E-state index in [1.165, 1.54) is 16.2 Å². The number of nitrogens with one attached hydrogen (secondary N) is 1. The first-order chi connectivity index (χ1) is 17.3. The largest absolute Gasteiger partial charge is 0.481 e. The Morgan fingerprint density at radius 3 is 2.86 bits per heavy atom. The van der Waals surface area contributed by atoms with Crippen LogP contribution in [0.1, 0.15) is 34.7 Å². The van der Waals surface area contributed by atoms with E-state index in [0.29, 0.717) is 58.7 Å². The molecule has 1 amide bonds. The number of nitrogens with zero attached hydrogens (tertiary/aromatic N) is 3. The number of thiazole rings is 1. The second-order valence-corrected chi connectivity index (χ2v) is 10.1. The van der Waals surface area contributed by atoms with E-state index in [1.807, 2.05) is 24.3 Å². The van der Waals surface area contributed by atoms with Gasteiger partial charge in [-0.15, -0.1) is 11.3 Å². The van der Waals surface area contributed by atoms with E-state index in [0.717, 1.165) is 10.4 Å². The van der Waals surface area contributed by atoms with Crippen LogP contribution in [0.15, 0.2) is 53.1 Å². The Labute approximate surface area is 215 Å². The zero-order valence-electron chi connectivity index (χ0n) is 19.1. The second kappa shape index (κ2) is 9.88. The van der Waals surface area contributed by atoms with Crippen LogP contribution in [0.25, 0.3) is 11.1 Å². The summed E-state index contributed by atoms with van der Waals surface area (Å²) < 4.78 is 5.68. The van der Waals surface area contributed by atoms with E-state index in [1.54, 1.807) is 24.4 Å². The Bertz CT molecular complexity index is 1400. The van der Waals surface area contributed by atoms with Crippen molar-refractivity contribution in [3.05, 3.63) is 69.1 Å². The van der Waals surface area contributed by atoms with Gasteiger partial charge in [0.05, 0.1) is 23.6 Å². The average molecular weight is 527 g/mol. The number of fused-ring (bicyclic) bond motifs is 1. The Morgan fingerprint density at radius 1 is 1.25 bits per heavy atom. The number of halogens is 1. The molecule has 0 spiro atoms. The molecular weight excluding hydrogens is 504 g/mol. The normalized spacial score (nSPS) is 17.6. The Hall–Kier alpha value is -3.47. The van der Waals surface area contributed by atoms with Crippen LogP contribution >= 0.6 is 22.9 Å². The molecule has 0 bridgehead atoms. The number of rotatable bonds is 8. The number of carbonyl (C=O) groups is 2. The molecule has 3 N–H and O–H groups in total. The Balaban J connectivity index is 1.27. The van der Waals surface area contributed by atoms with Gasteiger partial charge in [-0.05, 0) is 42.7 Å². The molecule has 9 nitrogen and oxygen atoms in total. The molecule has 186 valence electrons. The molecule has 1 aliphatic rings. The van der Waals surface area contributed by atoms with Gasteiger partial charge in [0.1, 0.15) is 10.5 Å². The highest BCUT2D eigenvalue weighted by atomic mass is 35.5. The van der Waals surface area contributed by atoms with Crippen molar-refractivity contribution in [1.29, 1.82) is 0 Å². The molecule has 36 heavy (non-hydrogen) atoms. The minimum atomic E-state index is -1.50. The summed E-state index contributed by atoms with van der Waals surface area (Å²) in [4.78, 5) is 34.9. The van der Waals surface area contributed by atoms with E-state index in [9.17, 15) is 14.7 Å². The number of carbonyl (C=O) groups excluding carboxylic acids is 1. The summed E-state index contributed by atoms with van der Waals surface area (Å²) in [5, 5.41) is 24.1. The van der Waals surface area contributed by atoms with Gasteiger partial charge in [0.25, 0.3) is 6.01 Å². The van der Waals surface area contributed by atoms with Gasteiger partial charge in [-0.3, -0.25) is 9.59 Å². The first-order valence-electron chi connectivity index (χ1n) is 11.4. The zero-order chi connectivity index (χ0) is 25.3. The molecule has 2 aromatic carbocycles. The number of aryl methyl sites for hydroxylation is 1. The van der Waals surface area contributed by atoms with Crippen LogP contribution in [0.5, 0.6) is 0 Å². The number of anilines is 2. The molecule has 0 radical (unpaired) electrons. The number of oxazole rings is 1. The highest BCUT2D eigenvalue weighted by molar-refractivity contribution is 7.11. The molecule has 1 aliphatic heterocycles. The predicted molar refractivity (Wildman–Crippen MR) is 135 cm³/mol. The number of amides is 1. The number of carboxylic acids is 1. The third-order valence-electron chi connectivity index (χ3n) is 6.06. The molecule has 0 saturated carbocycles. The minimum Gasteiger partial charge on any atom is -0.481 e. The molecule has 0 unspecified atom stereocenters. The van der Waals surface area contributed by atoms with Crippen LogP contribution in [0.3, 0.4) is 0 Å². The number of hydrogen-bond acceptors (Lipinski definition) is 8. The molecule has 1 fully saturated rings. The SMILES string of the molecule is O=C(O)CCc1cnc([C@@]2(O)CCCN2C(=O)Cc2ccc(Nc3nc4ccccc4o3)c(Cl)c2)s1. The minimum absolute atomic E-state index is 0.0132. The molecule has 1 atom stereocenters. The fourth-order valence-corrected chi connectivity index (χ4v) is 5.57. The quantitative estimate of drug-likeness (QED) is 0.301. The topological polar surface area (TPSA) is 129 Å². The van der Waals surface area contributed by atoms with Crippen LogP contribution in [-0.4, -0.2) is 43.5 Å². The number of hydrogen-bond donors (Lipinski definition) is 3. The summed E-state index contributed by atoms with van der Waals surface area (Å²) in [6.07, 6.45) is 2.96. The van der Waals surface area contributed by atoms with E-state index in [-0.39, 0.29) is 18.7 Å². The highest BCUT2D eigenvalue weighted by Crippen LogP contribution is 2.39. The van der Waals surface area contributed by atoms with Crippen LogP contribution in [-0.2, 0) is 28.2 Å². The molecule has 5 rings (SSSR count). The number of para-hydroxylation sites is 2. The number of likely N-dealkylation sites (tertiary alicyclic amines) is 1. The number of carboxylic acid groups (broad SMARTS) is 1. The van der Waals surface area contributed by atoms with Crippen molar-refractivity contribution in [2.24, 2.45) is 0 Å². The molecule has 0 aliphatic carbocycles. The number of aromatic nitrogens is 2. The summed E-state index contributed by atoms with van der Waals surface area (Å²) >= 11 is 7.71. The highest BCUT2D eigenvalue weighted by Gasteiger charge is 2.45. The van der Waals surface area contributed by atoms with E-state index < -0.39 is 11.7 Å². The lowest BCUT2D eigenvalue weighted by molar-refractivity contribution is -0.153. The third kappa shape index (κ3) is 4.92. The first-order valence-corrected chi connectivity index (χ1v) is 12.6. The monoisotopic (exact) mass is 526 g/mol. The number of benzene rings is 2. The van der Waals surface area contributed by atoms with Gasteiger partial charge in [-0.25, -0.2) is 4.98 Å². The Morgan fingerprint density at radius 2 is 2.08 bits per heavy atom. The number of aliphatic hydroxyl groups is 1. The van der Waals surface area contributed by atoms with Gasteiger partial charge in [-0.1, -0.05) is 29.8 Å². The Kier molecular flexibility index (Phi) is 6.65. The molecule has 11 heteroatoms. The van der Waals surface area contributed by atoms with E-state index in [4.69, 9.17) is 21.1 Å². The van der Waals surface area contributed by atoms with Gasteiger partial charge in [0, 0.05) is 24.0 Å². The fourth-order valence-electron chi connectivity index (χ4n) is 4.28. The maximum absolute atomic E-state index is 13.2. The smallest absolute Gasteiger partial charge is 0.303 e. The van der Waals surface area contributed by atoms with Gasteiger partial charge >= 0.3 is 5.97 Å². The van der Waals surface area contributed by atoms with Crippen molar-refractivity contribution in [3.8, 4) is 0 Å². The van der Waals surface area contributed by atoms with Crippen molar-refractivity contribution in [1.82, 2.24) is 14.9 Å². The standard InChI is InChI=1S/C25H23ClN4O5S/c26-17-12-15(6-8-18(17)28-24-29-19-4-1-2-5-20(19)35-24)13-21(31)30-11-3-10-25(30,34)23-27-14-16(36-23)7-9-22(32)33/h1-2,4-6,8,12,14,34H,3,7,9-11,13H2,(H,28,29)(H,32,33)/t25-/m0/s1. The second-order valence-electron chi connectivity index (χ2n) is 8.59. The maximum atomic E-state index is 13.2. The third-order valence-corrected chi connectivity index (χ3v) is 7.57. The van der Waals surface area contributed by atoms with Gasteiger partial charge in [0.2, 0.25) is 5.91 Å². The molecule has 4 aromatic rings. The molecule has 1 saturated heterocycles. The molecule has 2 aromatic heterocycles. The van der Waals surface area contributed by atoms with Crippen LogP contribution < -0.4 is 5.32 Å². The molecule has 3 heterocycles. The zero-order valence-corrected chi connectivity index (χ0v) is 20.7. The lowest BCUT2D eigenvalue weighted by atomic mass is 10.1. The van der Waals surface area contributed by atoms with Crippen molar-refractivity contribution < 1.29 is 24.2 Å². The van der Waals surface area contributed by atoms with Crippen molar-refractivity contribution in [2.45, 2.75) is 37.8 Å². The van der Waals surface area contributed by atoms with E-state index in [2.05, 4.69) is 15.3 Å². The van der Waals surface area contributed by atoms with Crippen molar-refractivity contribution in [2.75, 3.05) is 11.9 Å². The van der Waals surface area contributed by atoms with Gasteiger partial charge < -0.3 is 24.8 Å². The fraction of sp³-hybridized carbons (Fsp3) is 0.280. The average Bonchev–Trinajstić information content (AvgIpc) is 3.57. The first kappa shape index (κ1) is 24.2. The summed E-state index contributed by atoms with van der Waals surface area (Å²) in [6, 6.07) is 13.0. The van der Waals surface area contributed by atoms with Gasteiger partial charge in [0.15, 0.2) is 11.3 Å². The predicted octanol–water partition coefficient (Wildman–Crippen LogP) is 4.71. The summed E-state index contributed by atoms with van der Waals surface area (Å²) in [6.45, 7) is 0.407. The van der Waals surface area contributed by atoms with E-state index >= 15 is 0 Å². The lowest BCUT2D eigenvalue weighted by Gasteiger charge is -2.32. The summed E-state index contributed by atoms with van der Waals surface area (Å²) in [5.41, 5.74) is 1.18. The van der Waals surface area contributed by atoms with Crippen LogP contribution in [0, 0.1) is 0 Å². The van der Waals surface area contributed by atoms with Gasteiger partial charge in [-0.2, -0.15) is 4.98 Å². The van der Waals surface area contributed by atoms with Crippen LogP contribution in [0.2, 0.25) is 5.02 Å².